The third-order valence-electron chi connectivity index (χ3n) is 5.04. The summed E-state index contributed by atoms with van der Waals surface area (Å²) in [4.78, 5) is 24.3. The lowest BCUT2D eigenvalue weighted by atomic mass is 9.94. The second-order valence-electron chi connectivity index (χ2n) is 7.25. The molecule has 1 aliphatic rings. The van der Waals surface area contributed by atoms with Gasteiger partial charge in [-0.05, 0) is 44.5 Å². The number of nitrogens with zero attached hydrogens (tertiary/aromatic N) is 4. The molecule has 4 heterocycles. The summed E-state index contributed by atoms with van der Waals surface area (Å²) in [5, 5.41) is 2.13. The highest BCUT2D eigenvalue weighted by atomic mass is 32.1. The molecule has 1 atom stereocenters. The molecule has 26 heavy (non-hydrogen) atoms. The van der Waals surface area contributed by atoms with E-state index in [0.29, 0.717) is 12.3 Å². The van der Waals surface area contributed by atoms with Crippen LogP contribution in [0.1, 0.15) is 41.3 Å². The monoisotopic (exact) mass is 368 g/mol. The van der Waals surface area contributed by atoms with Gasteiger partial charge in [0.2, 0.25) is 0 Å². The Balaban J connectivity index is 1.45. The van der Waals surface area contributed by atoms with Crippen LogP contribution in [0.2, 0.25) is 0 Å². The Kier molecular flexibility index (Phi) is 4.87. The van der Waals surface area contributed by atoms with Crippen LogP contribution in [0, 0.1) is 0 Å². The van der Waals surface area contributed by atoms with Gasteiger partial charge in [0.15, 0.2) is 0 Å². The van der Waals surface area contributed by atoms with Gasteiger partial charge in [-0.2, -0.15) is 0 Å². The van der Waals surface area contributed by atoms with Crippen LogP contribution in [0.15, 0.2) is 30.6 Å². The Morgan fingerprint density at radius 2 is 2.23 bits per heavy atom. The largest absolute Gasteiger partial charge is 0.336 e. The van der Waals surface area contributed by atoms with Crippen molar-refractivity contribution in [1.82, 2.24) is 19.4 Å². The third-order valence-corrected chi connectivity index (χ3v) is 6.03. The van der Waals surface area contributed by atoms with Crippen molar-refractivity contribution in [2.75, 3.05) is 13.1 Å². The Morgan fingerprint density at radius 3 is 3.08 bits per heavy atom. The molecule has 0 aliphatic carbocycles. The highest BCUT2D eigenvalue weighted by Gasteiger charge is 2.23. The quantitative estimate of drug-likeness (QED) is 0.691. The average Bonchev–Trinajstić information content (AvgIpc) is 3.21. The van der Waals surface area contributed by atoms with E-state index in [1.54, 1.807) is 18.3 Å². The van der Waals surface area contributed by atoms with E-state index in [4.69, 9.17) is 4.98 Å². The Hall–Kier alpha value is -2.05. The van der Waals surface area contributed by atoms with Crippen molar-refractivity contribution in [2.45, 2.75) is 38.6 Å². The number of rotatable bonds is 5. The molecule has 0 spiro atoms. The second-order valence-corrected chi connectivity index (χ2v) is 8.45. The Labute approximate surface area is 157 Å². The molecule has 5 nitrogen and oxygen atoms in total. The molecular formula is C20H24N4OS. The SMILES string of the molecule is CC(=O)Cc1ncc(CN2CCCC(c3ccc4ccn(C)c4n3)C2)s1. The van der Waals surface area contributed by atoms with Gasteiger partial charge in [0.25, 0.3) is 0 Å². The predicted molar refractivity (Wildman–Crippen MR) is 104 cm³/mol. The molecule has 1 unspecified atom stereocenters. The lowest BCUT2D eigenvalue weighted by Gasteiger charge is -2.32. The number of pyridine rings is 1. The van der Waals surface area contributed by atoms with Crippen LogP contribution in [0.3, 0.4) is 0 Å². The van der Waals surface area contributed by atoms with Crippen LogP contribution in [0.4, 0.5) is 0 Å². The first kappa shape index (κ1) is 17.4. The summed E-state index contributed by atoms with van der Waals surface area (Å²) >= 11 is 1.66. The zero-order chi connectivity index (χ0) is 18.1. The van der Waals surface area contributed by atoms with Crippen LogP contribution < -0.4 is 0 Å². The molecular weight excluding hydrogens is 344 g/mol. The molecule has 1 saturated heterocycles. The van der Waals surface area contributed by atoms with Crippen molar-refractivity contribution in [1.29, 1.82) is 0 Å². The first-order chi connectivity index (χ1) is 12.6. The van der Waals surface area contributed by atoms with Crippen molar-refractivity contribution in [3.05, 3.63) is 46.2 Å². The minimum absolute atomic E-state index is 0.172. The molecule has 0 bridgehead atoms. The van der Waals surface area contributed by atoms with Crippen molar-refractivity contribution in [3.8, 4) is 0 Å². The first-order valence-corrected chi connectivity index (χ1v) is 9.97. The Morgan fingerprint density at radius 1 is 1.35 bits per heavy atom. The number of thiazole rings is 1. The molecule has 3 aromatic heterocycles. The lowest BCUT2D eigenvalue weighted by Crippen LogP contribution is -2.34. The first-order valence-electron chi connectivity index (χ1n) is 9.16. The molecule has 0 aromatic carbocycles. The zero-order valence-corrected chi connectivity index (χ0v) is 16.1. The number of piperidine rings is 1. The van der Waals surface area contributed by atoms with Gasteiger partial charge in [-0.15, -0.1) is 11.3 Å². The van der Waals surface area contributed by atoms with E-state index in [1.807, 2.05) is 6.20 Å². The van der Waals surface area contributed by atoms with Gasteiger partial charge in [0, 0.05) is 54.4 Å². The van der Waals surface area contributed by atoms with Crippen LogP contribution >= 0.6 is 11.3 Å². The number of hydrogen-bond acceptors (Lipinski definition) is 5. The number of ketones is 1. The van der Waals surface area contributed by atoms with E-state index in [0.717, 1.165) is 30.3 Å². The lowest BCUT2D eigenvalue weighted by molar-refractivity contribution is -0.116. The van der Waals surface area contributed by atoms with Crippen molar-refractivity contribution in [3.63, 3.8) is 0 Å². The number of aromatic nitrogens is 3. The van der Waals surface area contributed by atoms with Crippen molar-refractivity contribution >= 4 is 28.2 Å². The van der Waals surface area contributed by atoms with Crippen LogP contribution in [-0.2, 0) is 24.8 Å². The second kappa shape index (κ2) is 7.29. The van der Waals surface area contributed by atoms with E-state index in [9.17, 15) is 4.79 Å². The predicted octanol–water partition coefficient (Wildman–Crippen LogP) is 3.54. The van der Waals surface area contributed by atoms with Gasteiger partial charge < -0.3 is 4.57 Å². The van der Waals surface area contributed by atoms with E-state index < -0.39 is 0 Å². The molecule has 0 amide bonds. The number of hydrogen-bond donors (Lipinski definition) is 0. The summed E-state index contributed by atoms with van der Waals surface area (Å²) in [5.41, 5.74) is 2.27. The van der Waals surface area contributed by atoms with Gasteiger partial charge >= 0.3 is 0 Å². The van der Waals surface area contributed by atoms with Crippen molar-refractivity contribution < 1.29 is 4.79 Å². The van der Waals surface area contributed by atoms with E-state index in [-0.39, 0.29) is 5.78 Å². The van der Waals surface area contributed by atoms with Gasteiger partial charge in [-0.3, -0.25) is 9.69 Å². The number of likely N-dealkylation sites (tertiary alicyclic amines) is 1. The van der Waals surface area contributed by atoms with Gasteiger partial charge in [-0.1, -0.05) is 0 Å². The number of Topliss-reactive ketones (excluding diaryl/α,β-unsaturated/α-hetero) is 1. The molecule has 3 aromatic rings. The van der Waals surface area contributed by atoms with E-state index in [1.165, 1.54) is 28.8 Å². The minimum Gasteiger partial charge on any atom is -0.336 e. The molecule has 0 N–H and O–H groups in total. The molecule has 1 aliphatic heterocycles. The summed E-state index contributed by atoms with van der Waals surface area (Å²) < 4.78 is 2.09. The van der Waals surface area contributed by atoms with Gasteiger partial charge in [0.05, 0.1) is 6.42 Å². The summed E-state index contributed by atoms with van der Waals surface area (Å²) in [5.74, 6) is 0.652. The standard InChI is InChI=1S/C20H24N4OS/c1-14(25)10-19-21-11-17(26-19)13-24-8-3-4-16(12-24)18-6-5-15-7-9-23(2)20(15)22-18/h5-7,9,11,16H,3-4,8,10,12-13H2,1-2H3. The van der Waals surface area contributed by atoms with Crippen LogP contribution in [0.25, 0.3) is 11.0 Å². The van der Waals surface area contributed by atoms with Gasteiger partial charge in [-0.25, -0.2) is 9.97 Å². The van der Waals surface area contributed by atoms with Crippen molar-refractivity contribution in [2.24, 2.45) is 7.05 Å². The minimum atomic E-state index is 0.172. The van der Waals surface area contributed by atoms with E-state index >= 15 is 0 Å². The third kappa shape index (κ3) is 3.71. The van der Waals surface area contributed by atoms with Gasteiger partial charge in [0.1, 0.15) is 16.4 Å². The average molecular weight is 369 g/mol. The fraction of sp³-hybridized carbons (Fsp3) is 0.450. The number of aryl methyl sites for hydroxylation is 1. The fourth-order valence-electron chi connectivity index (χ4n) is 3.75. The zero-order valence-electron chi connectivity index (χ0n) is 15.3. The fourth-order valence-corrected chi connectivity index (χ4v) is 4.79. The summed E-state index contributed by atoms with van der Waals surface area (Å²) in [6, 6.07) is 6.49. The number of fused-ring (bicyclic) bond motifs is 1. The molecule has 4 rings (SSSR count). The molecule has 0 radical (unpaired) electrons. The maximum absolute atomic E-state index is 11.3. The van der Waals surface area contributed by atoms with Crippen LogP contribution in [-0.4, -0.2) is 38.3 Å². The summed E-state index contributed by atoms with van der Waals surface area (Å²) in [6.07, 6.45) is 6.83. The maximum atomic E-state index is 11.3. The van der Waals surface area contributed by atoms with Crippen LogP contribution in [0.5, 0.6) is 0 Å². The normalized spacial score (nSPS) is 18.5. The highest BCUT2D eigenvalue weighted by molar-refractivity contribution is 7.11. The number of carbonyl (C=O) groups is 1. The summed E-state index contributed by atoms with van der Waals surface area (Å²) in [6.45, 7) is 4.68. The molecule has 1 fully saturated rings. The molecule has 6 heteroatoms. The van der Waals surface area contributed by atoms with E-state index in [2.05, 4.69) is 45.9 Å². The maximum Gasteiger partial charge on any atom is 0.139 e. The number of carbonyl (C=O) groups excluding carboxylic acids is 1. The smallest absolute Gasteiger partial charge is 0.139 e. The topological polar surface area (TPSA) is 51.0 Å². The molecule has 136 valence electrons. The highest BCUT2D eigenvalue weighted by Crippen LogP contribution is 2.28. The molecule has 0 saturated carbocycles. The summed E-state index contributed by atoms with van der Waals surface area (Å²) in [7, 11) is 2.05. The Bertz CT molecular complexity index is 929.